The lowest BCUT2D eigenvalue weighted by Crippen LogP contribution is -2.20. The first-order chi connectivity index (χ1) is 5.95. The van der Waals surface area contributed by atoms with Gasteiger partial charge in [-0.1, -0.05) is 11.6 Å². The number of rotatable bonds is 5. The third-order valence-corrected chi connectivity index (χ3v) is 2.24. The minimum Gasteiger partial charge on any atom is -0.312 e. The Morgan fingerprint density at radius 1 is 1.54 bits per heavy atom. The van der Waals surface area contributed by atoms with Crippen molar-refractivity contribution in [2.24, 2.45) is 0 Å². The second-order valence-electron chi connectivity index (χ2n) is 2.43. The van der Waals surface area contributed by atoms with Crippen molar-refractivity contribution in [3.8, 4) is 0 Å². The van der Waals surface area contributed by atoms with E-state index in [0.29, 0.717) is 13.1 Å². The minimum absolute atomic E-state index is 0.0221. The van der Waals surface area contributed by atoms with Crippen molar-refractivity contribution in [1.82, 2.24) is 5.32 Å². The molecule has 78 valence electrons. The Labute approximate surface area is 84.7 Å². The first-order valence-corrected chi connectivity index (χ1v) is 5.05. The van der Waals surface area contributed by atoms with Crippen LogP contribution in [0.3, 0.4) is 0 Å². The lowest BCUT2D eigenvalue weighted by atomic mass is 10.3. The standard InChI is InChI=1S/C7H11ClF3NS/c1-6(4-8)5-12-2-3-13-7(9,10)11/h4,12H,2-3,5H2,1H3. The van der Waals surface area contributed by atoms with Gasteiger partial charge in [-0.05, 0) is 24.3 Å². The van der Waals surface area contributed by atoms with E-state index in [-0.39, 0.29) is 17.5 Å². The third kappa shape index (κ3) is 10.0. The van der Waals surface area contributed by atoms with Crippen molar-refractivity contribution in [2.45, 2.75) is 12.4 Å². The van der Waals surface area contributed by atoms with E-state index >= 15 is 0 Å². The van der Waals surface area contributed by atoms with Gasteiger partial charge in [0.25, 0.3) is 0 Å². The highest BCUT2D eigenvalue weighted by molar-refractivity contribution is 8.00. The second kappa shape index (κ2) is 6.56. The molecule has 0 aliphatic carbocycles. The summed E-state index contributed by atoms with van der Waals surface area (Å²) < 4.78 is 34.8. The normalized spacial score (nSPS) is 13.5. The fourth-order valence-electron chi connectivity index (χ4n) is 0.563. The van der Waals surface area contributed by atoms with Gasteiger partial charge in [0, 0.05) is 24.4 Å². The van der Waals surface area contributed by atoms with Crippen LogP contribution in [0.4, 0.5) is 13.2 Å². The maximum Gasteiger partial charge on any atom is 0.441 e. The molecule has 0 rings (SSSR count). The Kier molecular flexibility index (Phi) is 6.63. The van der Waals surface area contributed by atoms with Gasteiger partial charge in [0.1, 0.15) is 0 Å². The summed E-state index contributed by atoms with van der Waals surface area (Å²) in [6.07, 6.45) is 0. The Morgan fingerprint density at radius 2 is 2.15 bits per heavy atom. The molecule has 0 aromatic heterocycles. The van der Waals surface area contributed by atoms with Crippen LogP contribution in [0.25, 0.3) is 0 Å². The first-order valence-electron chi connectivity index (χ1n) is 3.63. The van der Waals surface area contributed by atoms with Crippen molar-refractivity contribution < 1.29 is 13.2 Å². The highest BCUT2D eigenvalue weighted by atomic mass is 35.5. The van der Waals surface area contributed by atoms with Crippen LogP contribution < -0.4 is 5.32 Å². The van der Waals surface area contributed by atoms with Crippen LogP contribution >= 0.6 is 23.4 Å². The second-order valence-corrected chi connectivity index (χ2v) is 3.80. The Hall–Kier alpha value is 0.130. The molecule has 0 aliphatic heterocycles. The first kappa shape index (κ1) is 13.1. The lowest BCUT2D eigenvalue weighted by molar-refractivity contribution is -0.0327. The van der Waals surface area contributed by atoms with Crippen LogP contribution in [0.15, 0.2) is 11.1 Å². The molecule has 0 unspecified atom stereocenters. The fourth-order valence-corrected chi connectivity index (χ4v) is 1.12. The molecule has 0 aromatic rings. The predicted octanol–water partition coefficient (Wildman–Crippen LogP) is 2.97. The zero-order valence-corrected chi connectivity index (χ0v) is 8.69. The largest absolute Gasteiger partial charge is 0.441 e. The molecule has 13 heavy (non-hydrogen) atoms. The van der Waals surface area contributed by atoms with Crippen LogP contribution in [0.1, 0.15) is 6.92 Å². The van der Waals surface area contributed by atoms with Crippen LogP contribution in [-0.4, -0.2) is 24.4 Å². The summed E-state index contributed by atoms with van der Waals surface area (Å²) >= 11 is 5.33. The monoisotopic (exact) mass is 233 g/mol. The summed E-state index contributed by atoms with van der Waals surface area (Å²) in [5, 5.41) is 2.84. The van der Waals surface area contributed by atoms with Crippen molar-refractivity contribution in [3.05, 3.63) is 11.1 Å². The van der Waals surface area contributed by atoms with E-state index in [2.05, 4.69) is 5.32 Å². The molecule has 0 radical (unpaired) electrons. The molecule has 0 amide bonds. The summed E-state index contributed by atoms with van der Waals surface area (Å²) in [5.41, 5.74) is -1.82. The van der Waals surface area contributed by atoms with E-state index in [1.807, 2.05) is 0 Å². The molecule has 1 nitrogen and oxygen atoms in total. The van der Waals surface area contributed by atoms with Crippen molar-refractivity contribution in [2.75, 3.05) is 18.8 Å². The molecule has 0 saturated heterocycles. The molecular weight excluding hydrogens is 223 g/mol. The summed E-state index contributed by atoms with van der Waals surface area (Å²) in [4.78, 5) is 0. The van der Waals surface area contributed by atoms with Gasteiger partial charge in [-0.15, -0.1) is 0 Å². The van der Waals surface area contributed by atoms with Crippen LogP contribution in [0.5, 0.6) is 0 Å². The predicted molar refractivity (Wildman–Crippen MR) is 51.0 cm³/mol. The van der Waals surface area contributed by atoms with Gasteiger partial charge in [-0.2, -0.15) is 13.2 Å². The summed E-state index contributed by atoms with van der Waals surface area (Å²) in [5.74, 6) is 0.0269. The summed E-state index contributed by atoms with van der Waals surface area (Å²) in [6, 6.07) is 0. The number of halogens is 4. The highest BCUT2D eigenvalue weighted by Gasteiger charge is 2.27. The molecule has 6 heteroatoms. The molecule has 0 saturated carbocycles. The molecule has 0 heterocycles. The molecule has 0 spiro atoms. The quantitative estimate of drug-likeness (QED) is 0.733. The van der Waals surface area contributed by atoms with E-state index in [4.69, 9.17) is 11.6 Å². The lowest BCUT2D eigenvalue weighted by Gasteiger charge is -2.06. The number of thioether (sulfide) groups is 1. The molecular formula is C7H11ClF3NS. The summed E-state index contributed by atoms with van der Waals surface area (Å²) in [6.45, 7) is 2.66. The highest BCUT2D eigenvalue weighted by Crippen LogP contribution is 2.29. The van der Waals surface area contributed by atoms with Crippen molar-refractivity contribution >= 4 is 23.4 Å². The SMILES string of the molecule is CC(=CCl)CNCCSC(F)(F)F. The van der Waals surface area contributed by atoms with Gasteiger partial charge in [0.2, 0.25) is 0 Å². The van der Waals surface area contributed by atoms with E-state index in [1.165, 1.54) is 5.54 Å². The molecule has 0 aromatic carbocycles. The van der Waals surface area contributed by atoms with Crippen LogP contribution in [0.2, 0.25) is 0 Å². The molecule has 0 fully saturated rings. The fraction of sp³-hybridized carbons (Fsp3) is 0.714. The van der Waals surface area contributed by atoms with Crippen LogP contribution in [0, 0.1) is 0 Å². The van der Waals surface area contributed by atoms with Gasteiger partial charge in [0.05, 0.1) is 0 Å². The topological polar surface area (TPSA) is 12.0 Å². The maximum absolute atomic E-state index is 11.6. The zero-order valence-electron chi connectivity index (χ0n) is 7.12. The smallest absolute Gasteiger partial charge is 0.312 e. The van der Waals surface area contributed by atoms with E-state index in [1.54, 1.807) is 6.92 Å². The van der Waals surface area contributed by atoms with Gasteiger partial charge in [0.15, 0.2) is 0 Å². The molecule has 0 atom stereocenters. The molecule has 1 N–H and O–H groups in total. The van der Waals surface area contributed by atoms with Gasteiger partial charge in [-0.25, -0.2) is 0 Å². The minimum atomic E-state index is -4.13. The Bertz CT molecular complexity index is 170. The van der Waals surface area contributed by atoms with Crippen molar-refractivity contribution in [1.29, 1.82) is 0 Å². The van der Waals surface area contributed by atoms with Gasteiger partial charge < -0.3 is 5.32 Å². The number of hydrogen-bond acceptors (Lipinski definition) is 2. The van der Waals surface area contributed by atoms with E-state index in [9.17, 15) is 13.2 Å². The Balaban J connectivity index is 3.28. The average molecular weight is 234 g/mol. The molecule has 0 bridgehead atoms. The van der Waals surface area contributed by atoms with E-state index < -0.39 is 5.51 Å². The van der Waals surface area contributed by atoms with Gasteiger partial charge in [-0.3, -0.25) is 0 Å². The third-order valence-electron chi connectivity index (χ3n) is 1.13. The number of hydrogen-bond donors (Lipinski definition) is 1. The van der Waals surface area contributed by atoms with Gasteiger partial charge >= 0.3 is 5.51 Å². The number of alkyl halides is 3. The van der Waals surface area contributed by atoms with E-state index in [0.717, 1.165) is 5.57 Å². The van der Waals surface area contributed by atoms with Crippen molar-refractivity contribution in [3.63, 3.8) is 0 Å². The zero-order chi connectivity index (χ0) is 10.3. The number of nitrogens with one attached hydrogen (secondary N) is 1. The maximum atomic E-state index is 11.6. The van der Waals surface area contributed by atoms with Crippen LogP contribution in [-0.2, 0) is 0 Å². The average Bonchev–Trinajstić information content (AvgIpc) is 2.01. The molecule has 0 aliphatic rings. The Morgan fingerprint density at radius 3 is 2.62 bits per heavy atom. The summed E-state index contributed by atoms with van der Waals surface area (Å²) in [7, 11) is 0.